The fourth-order valence-corrected chi connectivity index (χ4v) is 3.39. The summed E-state index contributed by atoms with van der Waals surface area (Å²) in [4.78, 5) is 20.7. The van der Waals surface area contributed by atoms with Crippen molar-refractivity contribution in [1.29, 1.82) is 0 Å². The van der Waals surface area contributed by atoms with E-state index >= 15 is 0 Å². The van der Waals surface area contributed by atoms with Crippen LogP contribution in [-0.2, 0) is 0 Å². The van der Waals surface area contributed by atoms with E-state index < -0.39 is 0 Å². The lowest BCUT2D eigenvalue weighted by molar-refractivity contribution is 0.102. The monoisotopic (exact) mass is 323 g/mol. The molecule has 0 saturated heterocycles. The van der Waals surface area contributed by atoms with Crippen molar-refractivity contribution in [3.8, 4) is 11.3 Å². The van der Waals surface area contributed by atoms with E-state index in [0.717, 1.165) is 11.3 Å². The van der Waals surface area contributed by atoms with E-state index in [-0.39, 0.29) is 5.91 Å². The molecule has 1 amide bonds. The third kappa shape index (κ3) is 3.29. The van der Waals surface area contributed by atoms with Gasteiger partial charge in [-0.1, -0.05) is 17.7 Å². The number of nitrogens with one attached hydrogen (secondary N) is 1. The number of rotatable bonds is 3. The molecule has 0 saturated carbocycles. The summed E-state index contributed by atoms with van der Waals surface area (Å²) in [6.07, 6.45) is 3.18. The highest BCUT2D eigenvalue weighted by Crippen LogP contribution is 2.31. The summed E-state index contributed by atoms with van der Waals surface area (Å²) in [5.41, 5.74) is 6.17. The Kier molecular flexibility index (Phi) is 4.21. The van der Waals surface area contributed by atoms with Crippen molar-refractivity contribution in [1.82, 2.24) is 9.97 Å². The SMILES string of the molecule is Cc1cc(C)c(-c2csc(NC(=O)c3cccnc3)n2)c(C)c1. The number of anilines is 1. The number of aromatic nitrogens is 2. The first kappa shape index (κ1) is 15.4. The molecular weight excluding hydrogens is 306 g/mol. The van der Waals surface area contributed by atoms with E-state index in [1.54, 1.807) is 18.3 Å². The van der Waals surface area contributed by atoms with Gasteiger partial charge in [0.2, 0.25) is 0 Å². The molecule has 1 N–H and O–H groups in total. The molecule has 0 aliphatic carbocycles. The Morgan fingerprint density at radius 1 is 1.17 bits per heavy atom. The summed E-state index contributed by atoms with van der Waals surface area (Å²) < 4.78 is 0. The molecule has 23 heavy (non-hydrogen) atoms. The summed E-state index contributed by atoms with van der Waals surface area (Å²) >= 11 is 1.43. The fraction of sp³-hybridized carbons (Fsp3) is 0.167. The van der Waals surface area contributed by atoms with Gasteiger partial charge < -0.3 is 0 Å². The molecule has 0 radical (unpaired) electrons. The second-order valence-corrected chi connectivity index (χ2v) is 6.37. The number of pyridine rings is 1. The van der Waals surface area contributed by atoms with Crippen LogP contribution in [0.25, 0.3) is 11.3 Å². The number of carbonyl (C=O) groups excluding carboxylic acids is 1. The number of amides is 1. The molecule has 3 rings (SSSR count). The number of thiazole rings is 1. The lowest BCUT2D eigenvalue weighted by atomic mass is 9.98. The summed E-state index contributed by atoms with van der Waals surface area (Å²) in [5, 5.41) is 5.39. The molecule has 2 heterocycles. The van der Waals surface area contributed by atoms with Gasteiger partial charge in [-0.25, -0.2) is 4.98 Å². The largest absolute Gasteiger partial charge is 0.298 e. The summed E-state index contributed by atoms with van der Waals surface area (Å²) in [6, 6.07) is 7.76. The molecule has 5 heteroatoms. The Labute approximate surface area is 139 Å². The molecule has 0 spiro atoms. The van der Waals surface area contributed by atoms with Crippen molar-refractivity contribution < 1.29 is 4.79 Å². The highest BCUT2D eigenvalue weighted by Gasteiger charge is 2.13. The van der Waals surface area contributed by atoms with Crippen molar-refractivity contribution in [3.05, 3.63) is 64.3 Å². The smallest absolute Gasteiger partial charge is 0.259 e. The molecule has 116 valence electrons. The Morgan fingerprint density at radius 3 is 2.57 bits per heavy atom. The van der Waals surface area contributed by atoms with Gasteiger partial charge in [0.1, 0.15) is 0 Å². The van der Waals surface area contributed by atoms with Crippen LogP contribution in [0.4, 0.5) is 5.13 Å². The predicted molar refractivity (Wildman–Crippen MR) is 94.0 cm³/mol. The summed E-state index contributed by atoms with van der Waals surface area (Å²) in [6.45, 7) is 6.26. The number of aryl methyl sites for hydroxylation is 3. The molecule has 3 aromatic rings. The maximum Gasteiger partial charge on any atom is 0.259 e. The maximum atomic E-state index is 12.2. The second-order valence-electron chi connectivity index (χ2n) is 5.51. The molecular formula is C18H17N3OS. The zero-order valence-corrected chi connectivity index (χ0v) is 14.1. The maximum absolute atomic E-state index is 12.2. The van der Waals surface area contributed by atoms with Crippen molar-refractivity contribution >= 4 is 22.4 Å². The lowest BCUT2D eigenvalue weighted by Crippen LogP contribution is -2.11. The number of benzene rings is 1. The van der Waals surface area contributed by atoms with Crippen LogP contribution in [-0.4, -0.2) is 15.9 Å². The first-order valence-corrected chi connectivity index (χ1v) is 8.17. The van der Waals surface area contributed by atoms with Crippen molar-refractivity contribution in [2.45, 2.75) is 20.8 Å². The molecule has 0 aliphatic rings. The van der Waals surface area contributed by atoms with Gasteiger partial charge in [0, 0.05) is 23.3 Å². The van der Waals surface area contributed by atoms with Crippen LogP contribution in [0.5, 0.6) is 0 Å². The highest BCUT2D eigenvalue weighted by atomic mass is 32.1. The molecule has 1 aromatic carbocycles. The van der Waals surface area contributed by atoms with Crippen LogP contribution in [0, 0.1) is 20.8 Å². The number of hydrogen-bond donors (Lipinski definition) is 1. The van der Waals surface area contributed by atoms with Crippen LogP contribution in [0.1, 0.15) is 27.0 Å². The van der Waals surface area contributed by atoms with E-state index in [2.05, 4.69) is 48.2 Å². The van der Waals surface area contributed by atoms with Gasteiger partial charge in [-0.3, -0.25) is 15.1 Å². The van der Waals surface area contributed by atoms with Gasteiger partial charge in [0.05, 0.1) is 11.3 Å². The van der Waals surface area contributed by atoms with E-state index in [0.29, 0.717) is 10.7 Å². The Balaban J connectivity index is 1.86. The minimum atomic E-state index is -0.198. The Hall–Kier alpha value is -2.53. The normalized spacial score (nSPS) is 10.6. The summed E-state index contributed by atoms with van der Waals surface area (Å²) in [7, 11) is 0. The average molecular weight is 323 g/mol. The van der Waals surface area contributed by atoms with Crippen LogP contribution in [0.3, 0.4) is 0 Å². The summed E-state index contributed by atoms with van der Waals surface area (Å²) in [5.74, 6) is -0.198. The van der Waals surface area contributed by atoms with E-state index in [1.165, 1.54) is 34.2 Å². The van der Waals surface area contributed by atoms with Gasteiger partial charge in [-0.2, -0.15) is 0 Å². The molecule has 0 atom stereocenters. The average Bonchev–Trinajstić information content (AvgIpc) is 2.95. The minimum absolute atomic E-state index is 0.198. The zero-order valence-electron chi connectivity index (χ0n) is 13.3. The third-order valence-electron chi connectivity index (χ3n) is 3.58. The third-order valence-corrected chi connectivity index (χ3v) is 4.34. The van der Waals surface area contributed by atoms with Crippen LogP contribution < -0.4 is 5.32 Å². The first-order chi connectivity index (χ1) is 11.0. The lowest BCUT2D eigenvalue weighted by Gasteiger charge is -2.08. The van der Waals surface area contributed by atoms with Crippen LogP contribution >= 0.6 is 11.3 Å². The fourth-order valence-electron chi connectivity index (χ4n) is 2.70. The molecule has 0 bridgehead atoms. The van der Waals surface area contributed by atoms with Gasteiger partial charge in [-0.05, 0) is 44.0 Å². The minimum Gasteiger partial charge on any atom is -0.298 e. The van der Waals surface area contributed by atoms with Crippen LogP contribution in [0.2, 0.25) is 0 Å². The molecule has 4 nitrogen and oxygen atoms in total. The molecule has 0 fully saturated rings. The van der Waals surface area contributed by atoms with Gasteiger partial charge in [0.25, 0.3) is 5.91 Å². The van der Waals surface area contributed by atoms with Crippen LogP contribution in [0.15, 0.2) is 42.0 Å². The van der Waals surface area contributed by atoms with E-state index in [9.17, 15) is 4.79 Å². The topological polar surface area (TPSA) is 54.9 Å². The predicted octanol–water partition coefficient (Wildman–Crippen LogP) is 4.38. The number of nitrogens with zero attached hydrogens (tertiary/aromatic N) is 2. The Morgan fingerprint density at radius 2 is 1.91 bits per heavy atom. The van der Waals surface area contributed by atoms with Gasteiger partial charge in [-0.15, -0.1) is 11.3 Å². The van der Waals surface area contributed by atoms with Gasteiger partial charge >= 0.3 is 0 Å². The molecule has 0 aliphatic heterocycles. The van der Waals surface area contributed by atoms with Crippen molar-refractivity contribution in [3.63, 3.8) is 0 Å². The van der Waals surface area contributed by atoms with E-state index in [4.69, 9.17) is 0 Å². The van der Waals surface area contributed by atoms with Gasteiger partial charge in [0.15, 0.2) is 5.13 Å². The second kappa shape index (κ2) is 6.30. The molecule has 0 unspecified atom stereocenters. The quantitative estimate of drug-likeness (QED) is 0.778. The first-order valence-electron chi connectivity index (χ1n) is 7.29. The number of carbonyl (C=O) groups is 1. The Bertz CT molecular complexity index is 833. The standard InChI is InChI=1S/C18H17N3OS/c1-11-7-12(2)16(13(3)8-11)15-10-23-18(20-15)21-17(22)14-5-4-6-19-9-14/h4-10H,1-3H3,(H,20,21,22). The number of hydrogen-bond acceptors (Lipinski definition) is 4. The van der Waals surface area contributed by atoms with Crippen molar-refractivity contribution in [2.24, 2.45) is 0 Å². The highest BCUT2D eigenvalue weighted by molar-refractivity contribution is 7.14. The van der Waals surface area contributed by atoms with E-state index in [1.807, 2.05) is 5.38 Å². The zero-order chi connectivity index (χ0) is 16.4. The van der Waals surface area contributed by atoms with Crippen molar-refractivity contribution in [2.75, 3.05) is 5.32 Å². The molecule has 2 aromatic heterocycles.